The summed E-state index contributed by atoms with van der Waals surface area (Å²) in [6.45, 7) is 0.561. The Labute approximate surface area is 114 Å². The molecule has 0 saturated heterocycles. The minimum absolute atomic E-state index is 0.0616. The van der Waals surface area contributed by atoms with E-state index in [2.05, 4.69) is 5.32 Å². The Morgan fingerprint density at radius 2 is 2.10 bits per heavy atom. The molecule has 0 aromatic heterocycles. The van der Waals surface area contributed by atoms with E-state index in [1.54, 1.807) is 0 Å². The molecule has 0 spiro atoms. The van der Waals surface area contributed by atoms with Crippen molar-refractivity contribution in [1.82, 2.24) is 5.32 Å². The molecule has 0 aliphatic rings. The maximum Gasteiger partial charge on any atom is 0.336 e. The number of nitrogens with one attached hydrogen (secondary N) is 1. The first-order valence-electron chi connectivity index (χ1n) is 5.91. The minimum Gasteiger partial charge on any atom is -0.478 e. The van der Waals surface area contributed by atoms with Gasteiger partial charge in [0.05, 0.1) is 17.0 Å². The number of amides is 1. The third kappa shape index (κ3) is 4.65. The molecule has 0 radical (unpaired) electrons. The van der Waals surface area contributed by atoms with Gasteiger partial charge in [0.2, 0.25) is 5.91 Å². The van der Waals surface area contributed by atoms with E-state index in [1.807, 2.05) is 0 Å². The SMILES string of the molecule is NC(=O)CNCCCc1ccc([N+](=O)[O-])cc1C(=O)O. The zero-order chi connectivity index (χ0) is 15.1. The highest BCUT2D eigenvalue weighted by atomic mass is 16.6. The molecule has 0 atom stereocenters. The van der Waals surface area contributed by atoms with Crippen molar-refractivity contribution in [3.05, 3.63) is 39.4 Å². The van der Waals surface area contributed by atoms with Crippen LogP contribution in [0.1, 0.15) is 22.3 Å². The monoisotopic (exact) mass is 281 g/mol. The van der Waals surface area contributed by atoms with Gasteiger partial charge in [0.15, 0.2) is 0 Å². The molecule has 0 fully saturated rings. The van der Waals surface area contributed by atoms with Crippen LogP contribution in [0.5, 0.6) is 0 Å². The molecule has 1 amide bonds. The van der Waals surface area contributed by atoms with E-state index in [4.69, 9.17) is 10.8 Å². The van der Waals surface area contributed by atoms with Crippen LogP contribution in [-0.4, -0.2) is 35.0 Å². The van der Waals surface area contributed by atoms with Gasteiger partial charge in [-0.15, -0.1) is 0 Å². The highest BCUT2D eigenvalue weighted by molar-refractivity contribution is 5.90. The largest absolute Gasteiger partial charge is 0.478 e. The summed E-state index contributed by atoms with van der Waals surface area (Å²) in [5, 5.41) is 22.5. The fraction of sp³-hybridized carbons (Fsp3) is 0.333. The van der Waals surface area contributed by atoms with Gasteiger partial charge in [-0.25, -0.2) is 4.79 Å². The number of nitro benzene ring substituents is 1. The Kier molecular flexibility index (Phi) is 5.60. The molecule has 1 rings (SSSR count). The summed E-state index contributed by atoms with van der Waals surface area (Å²) in [4.78, 5) is 31.5. The van der Waals surface area contributed by atoms with Crippen LogP contribution in [-0.2, 0) is 11.2 Å². The third-order valence-electron chi connectivity index (χ3n) is 2.63. The number of non-ortho nitro benzene ring substituents is 1. The van der Waals surface area contributed by atoms with E-state index in [0.29, 0.717) is 24.9 Å². The Balaban J connectivity index is 2.67. The van der Waals surface area contributed by atoms with Crippen molar-refractivity contribution in [2.75, 3.05) is 13.1 Å². The van der Waals surface area contributed by atoms with Crippen LogP contribution >= 0.6 is 0 Å². The normalized spacial score (nSPS) is 10.2. The number of nitrogens with two attached hydrogens (primary N) is 1. The summed E-state index contributed by atoms with van der Waals surface area (Å²) in [6.07, 6.45) is 1.02. The molecule has 0 aliphatic heterocycles. The number of carbonyl (C=O) groups is 2. The van der Waals surface area contributed by atoms with Crippen molar-refractivity contribution in [1.29, 1.82) is 0 Å². The molecule has 1 aromatic carbocycles. The van der Waals surface area contributed by atoms with Crippen LogP contribution < -0.4 is 11.1 Å². The fourth-order valence-corrected chi connectivity index (χ4v) is 1.71. The lowest BCUT2D eigenvalue weighted by molar-refractivity contribution is -0.384. The molecular weight excluding hydrogens is 266 g/mol. The summed E-state index contributed by atoms with van der Waals surface area (Å²) in [5.74, 6) is -1.67. The van der Waals surface area contributed by atoms with Crippen molar-refractivity contribution in [2.45, 2.75) is 12.8 Å². The fourth-order valence-electron chi connectivity index (χ4n) is 1.71. The second-order valence-electron chi connectivity index (χ2n) is 4.15. The Morgan fingerprint density at radius 1 is 1.40 bits per heavy atom. The van der Waals surface area contributed by atoms with Crippen LogP contribution in [0.3, 0.4) is 0 Å². The smallest absolute Gasteiger partial charge is 0.336 e. The minimum atomic E-state index is -1.20. The quantitative estimate of drug-likeness (QED) is 0.356. The van der Waals surface area contributed by atoms with Crippen molar-refractivity contribution < 1.29 is 19.6 Å². The average Bonchev–Trinajstić information content (AvgIpc) is 2.37. The van der Waals surface area contributed by atoms with Gasteiger partial charge in [0.1, 0.15) is 0 Å². The molecule has 0 unspecified atom stereocenters. The molecule has 4 N–H and O–H groups in total. The third-order valence-corrected chi connectivity index (χ3v) is 2.63. The maximum atomic E-state index is 11.1. The van der Waals surface area contributed by atoms with Gasteiger partial charge < -0.3 is 16.2 Å². The average molecular weight is 281 g/mol. The second kappa shape index (κ2) is 7.19. The number of nitro groups is 1. The van der Waals surface area contributed by atoms with Gasteiger partial charge in [0.25, 0.3) is 5.69 Å². The number of hydrogen-bond donors (Lipinski definition) is 3. The Morgan fingerprint density at radius 3 is 2.65 bits per heavy atom. The molecule has 108 valence electrons. The van der Waals surface area contributed by atoms with Crippen molar-refractivity contribution in [2.24, 2.45) is 5.73 Å². The van der Waals surface area contributed by atoms with Crippen molar-refractivity contribution in [3.63, 3.8) is 0 Å². The number of aromatic carboxylic acids is 1. The maximum absolute atomic E-state index is 11.1. The van der Waals surface area contributed by atoms with Gasteiger partial charge in [-0.1, -0.05) is 6.07 Å². The van der Waals surface area contributed by atoms with Crippen molar-refractivity contribution >= 4 is 17.6 Å². The van der Waals surface area contributed by atoms with E-state index in [-0.39, 0.29) is 17.8 Å². The predicted molar refractivity (Wildman–Crippen MR) is 70.4 cm³/mol. The number of benzene rings is 1. The van der Waals surface area contributed by atoms with Gasteiger partial charge in [-0.3, -0.25) is 14.9 Å². The van der Waals surface area contributed by atoms with Crippen LogP contribution in [0.4, 0.5) is 5.69 Å². The van der Waals surface area contributed by atoms with Crippen LogP contribution in [0.15, 0.2) is 18.2 Å². The Bertz CT molecular complexity index is 530. The number of carboxylic acids is 1. The number of aryl methyl sites for hydroxylation is 1. The zero-order valence-electron chi connectivity index (χ0n) is 10.7. The first kappa shape index (κ1) is 15.6. The number of nitrogens with zero attached hydrogens (tertiary/aromatic N) is 1. The number of carbonyl (C=O) groups excluding carboxylic acids is 1. The van der Waals surface area contributed by atoms with Crippen LogP contribution in [0.2, 0.25) is 0 Å². The Hall–Kier alpha value is -2.48. The van der Waals surface area contributed by atoms with Crippen LogP contribution in [0, 0.1) is 10.1 Å². The van der Waals surface area contributed by atoms with Gasteiger partial charge in [-0.05, 0) is 24.9 Å². The lowest BCUT2D eigenvalue weighted by Crippen LogP contribution is -2.29. The number of rotatable bonds is 8. The van der Waals surface area contributed by atoms with E-state index in [1.165, 1.54) is 12.1 Å². The molecule has 0 heterocycles. The van der Waals surface area contributed by atoms with E-state index in [9.17, 15) is 19.7 Å². The summed E-state index contributed by atoms with van der Waals surface area (Å²) in [6, 6.07) is 3.77. The van der Waals surface area contributed by atoms with Gasteiger partial charge in [0, 0.05) is 12.1 Å². The molecule has 0 bridgehead atoms. The van der Waals surface area contributed by atoms with E-state index < -0.39 is 16.8 Å². The van der Waals surface area contributed by atoms with E-state index in [0.717, 1.165) is 6.07 Å². The zero-order valence-corrected chi connectivity index (χ0v) is 10.7. The molecule has 1 aromatic rings. The molecule has 0 saturated carbocycles. The molecule has 8 heteroatoms. The van der Waals surface area contributed by atoms with Crippen LogP contribution in [0.25, 0.3) is 0 Å². The first-order chi connectivity index (χ1) is 9.41. The predicted octanol–water partition coefficient (Wildman–Crippen LogP) is 0.301. The second-order valence-corrected chi connectivity index (χ2v) is 4.15. The number of hydrogen-bond acceptors (Lipinski definition) is 5. The van der Waals surface area contributed by atoms with E-state index >= 15 is 0 Å². The molecule has 20 heavy (non-hydrogen) atoms. The summed E-state index contributed by atoms with van der Waals surface area (Å²) in [7, 11) is 0. The molecular formula is C12H15N3O5. The number of primary amides is 1. The lowest BCUT2D eigenvalue weighted by Gasteiger charge is -2.06. The number of carboxylic acid groups (broad SMARTS) is 1. The topological polar surface area (TPSA) is 136 Å². The van der Waals surface area contributed by atoms with Gasteiger partial charge in [-0.2, -0.15) is 0 Å². The molecule has 0 aliphatic carbocycles. The summed E-state index contributed by atoms with van der Waals surface area (Å²) >= 11 is 0. The highest BCUT2D eigenvalue weighted by Crippen LogP contribution is 2.19. The highest BCUT2D eigenvalue weighted by Gasteiger charge is 2.15. The summed E-state index contributed by atoms with van der Waals surface area (Å²) in [5.41, 5.74) is 5.14. The lowest BCUT2D eigenvalue weighted by atomic mass is 10.0. The first-order valence-corrected chi connectivity index (χ1v) is 5.91. The summed E-state index contributed by atoms with van der Waals surface area (Å²) < 4.78 is 0. The molecule has 8 nitrogen and oxygen atoms in total. The standard InChI is InChI=1S/C12H15N3O5/c13-11(16)7-14-5-1-2-8-3-4-9(15(19)20)6-10(8)12(17)18/h3-4,6,14H,1-2,5,7H2,(H2,13,16)(H,17,18). The van der Waals surface area contributed by atoms with Crippen molar-refractivity contribution in [3.8, 4) is 0 Å². The van der Waals surface area contributed by atoms with Gasteiger partial charge >= 0.3 is 5.97 Å².